The van der Waals surface area contributed by atoms with E-state index in [2.05, 4.69) is 0 Å². The first-order valence-corrected chi connectivity index (χ1v) is 6.48. The molecule has 0 heterocycles. The van der Waals surface area contributed by atoms with Crippen LogP contribution in [0.3, 0.4) is 0 Å². The molecule has 4 nitrogen and oxygen atoms in total. The lowest BCUT2D eigenvalue weighted by Crippen LogP contribution is -2.43. The third-order valence-electron chi connectivity index (χ3n) is 3.95. The zero-order valence-electron chi connectivity index (χ0n) is 11.4. The number of phenolic OH excluding ortho intramolecular Hbond substituents is 2. The highest BCUT2D eigenvalue weighted by Gasteiger charge is 2.38. The minimum atomic E-state index is -1.61. The Balaban J connectivity index is 2.34. The number of phenols is 2. The summed E-state index contributed by atoms with van der Waals surface area (Å²) in [5.41, 5.74) is 8.92. The number of benzene rings is 2. The second-order valence-corrected chi connectivity index (χ2v) is 5.54. The first-order valence-electron chi connectivity index (χ1n) is 6.48. The van der Waals surface area contributed by atoms with Crippen LogP contribution in [0.1, 0.15) is 33.4 Å². The fourth-order valence-electron chi connectivity index (χ4n) is 3.38. The predicted molar refractivity (Wildman–Crippen MR) is 75.7 cm³/mol. The molecule has 0 unspecified atom stereocenters. The molecule has 3 rings (SSSR count). The van der Waals surface area contributed by atoms with Crippen LogP contribution in [0.15, 0.2) is 24.3 Å². The summed E-state index contributed by atoms with van der Waals surface area (Å²) in [5.74, 6) is 0.301. The summed E-state index contributed by atoms with van der Waals surface area (Å²) < 4.78 is 0. The van der Waals surface area contributed by atoms with Gasteiger partial charge in [-0.15, -0.1) is 0 Å². The third-order valence-corrected chi connectivity index (χ3v) is 3.95. The minimum Gasteiger partial charge on any atom is -0.508 e. The van der Waals surface area contributed by atoms with Gasteiger partial charge in [0.1, 0.15) is 11.5 Å². The SMILES string of the molecule is Cc1cc(O)cc2c1C(N)(O)c1c(C)cc(O)cc1C2. The standard InChI is InChI=1S/C16H17NO3/c1-8-3-12(18)6-10-5-11-7-13(19)4-9(2)15(11)16(17,20)14(8)10/h3-4,6-7,18-20H,5,17H2,1-2H3. The zero-order valence-corrected chi connectivity index (χ0v) is 11.4. The highest BCUT2D eigenvalue weighted by molar-refractivity contribution is 5.58. The van der Waals surface area contributed by atoms with Crippen LogP contribution in [0.4, 0.5) is 0 Å². The maximum Gasteiger partial charge on any atom is 0.167 e. The molecule has 4 heteroatoms. The molecule has 1 aliphatic carbocycles. The molecule has 0 saturated heterocycles. The molecule has 2 aromatic carbocycles. The van der Waals surface area contributed by atoms with Crippen molar-refractivity contribution in [1.29, 1.82) is 0 Å². The van der Waals surface area contributed by atoms with Crippen LogP contribution in [0.2, 0.25) is 0 Å². The molecule has 0 spiro atoms. The van der Waals surface area contributed by atoms with Crippen molar-refractivity contribution >= 4 is 0 Å². The maximum absolute atomic E-state index is 10.8. The van der Waals surface area contributed by atoms with Gasteiger partial charge in [0.15, 0.2) is 5.72 Å². The number of hydrogen-bond acceptors (Lipinski definition) is 4. The number of rotatable bonds is 0. The van der Waals surface area contributed by atoms with E-state index in [1.807, 2.05) is 13.8 Å². The van der Waals surface area contributed by atoms with Gasteiger partial charge in [-0.25, -0.2) is 0 Å². The second-order valence-electron chi connectivity index (χ2n) is 5.54. The topological polar surface area (TPSA) is 86.7 Å². The molecule has 0 fully saturated rings. The molecule has 0 amide bonds. The Morgan fingerprint density at radius 3 is 1.70 bits per heavy atom. The normalized spacial score (nSPS) is 15.6. The van der Waals surface area contributed by atoms with Crippen LogP contribution in [-0.4, -0.2) is 15.3 Å². The van der Waals surface area contributed by atoms with Gasteiger partial charge in [0.25, 0.3) is 0 Å². The lowest BCUT2D eigenvalue weighted by molar-refractivity contribution is 0.0826. The molecule has 1 aliphatic rings. The van der Waals surface area contributed by atoms with Crippen molar-refractivity contribution in [1.82, 2.24) is 0 Å². The van der Waals surface area contributed by atoms with Crippen molar-refractivity contribution in [3.05, 3.63) is 57.6 Å². The van der Waals surface area contributed by atoms with E-state index in [1.165, 1.54) is 0 Å². The lowest BCUT2D eigenvalue weighted by atomic mass is 9.76. The lowest BCUT2D eigenvalue weighted by Gasteiger charge is -2.36. The largest absolute Gasteiger partial charge is 0.508 e. The molecule has 0 bridgehead atoms. The van der Waals surface area contributed by atoms with Gasteiger partial charge in [-0.2, -0.15) is 0 Å². The molecule has 0 aliphatic heterocycles. The Morgan fingerprint density at radius 2 is 1.30 bits per heavy atom. The maximum atomic E-state index is 10.8. The van der Waals surface area contributed by atoms with Gasteiger partial charge in [0.2, 0.25) is 0 Å². The highest BCUT2D eigenvalue weighted by atomic mass is 16.3. The Hall–Kier alpha value is -2.04. The molecular formula is C16H17NO3. The zero-order chi connectivity index (χ0) is 14.7. The number of hydrogen-bond donors (Lipinski definition) is 4. The van der Waals surface area contributed by atoms with E-state index >= 15 is 0 Å². The van der Waals surface area contributed by atoms with Gasteiger partial charge >= 0.3 is 0 Å². The van der Waals surface area contributed by atoms with Crippen LogP contribution >= 0.6 is 0 Å². The number of aryl methyl sites for hydroxylation is 2. The van der Waals surface area contributed by atoms with Crippen LogP contribution in [-0.2, 0) is 12.1 Å². The summed E-state index contributed by atoms with van der Waals surface area (Å²) in [7, 11) is 0. The smallest absolute Gasteiger partial charge is 0.167 e. The number of aliphatic hydroxyl groups is 1. The molecule has 20 heavy (non-hydrogen) atoms. The van der Waals surface area contributed by atoms with Crippen LogP contribution in [0, 0.1) is 13.8 Å². The van der Waals surface area contributed by atoms with E-state index in [9.17, 15) is 15.3 Å². The molecule has 104 valence electrons. The summed E-state index contributed by atoms with van der Waals surface area (Å²) in [6, 6.07) is 6.42. The van der Waals surface area contributed by atoms with Crippen LogP contribution in [0.25, 0.3) is 0 Å². The first-order chi connectivity index (χ1) is 9.30. The fraction of sp³-hybridized carbons (Fsp3) is 0.250. The molecule has 0 saturated carbocycles. The quantitative estimate of drug-likeness (QED) is 0.550. The molecule has 0 atom stereocenters. The van der Waals surface area contributed by atoms with E-state index in [4.69, 9.17) is 5.73 Å². The number of aromatic hydroxyl groups is 2. The van der Waals surface area contributed by atoms with Crippen molar-refractivity contribution < 1.29 is 15.3 Å². The van der Waals surface area contributed by atoms with Gasteiger partial charge < -0.3 is 15.3 Å². The average molecular weight is 271 g/mol. The minimum absolute atomic E-state index is 0.150. The molecule has 5 N–H and O–H groups in total. The van der Waals surface area contributed by atoms with Crippen LogP contribution in [0.5, 0.6) is 11.5 Å². The molecular weight excluding hydrogens is 254 g/mol. The van der Waals surface area contributed by atoms with Gasteiger partial charge in [-0.1, -0.05) is 0 Å². The van der Waals surface area contributed by atoms with Gasteiger partial charge in [0, 0.05) is 11.1 Å². The Labute approximate surface area is 117 Å². The molecule has 2 aromatic rings. The second kappa shape index (κ2) is 3.98. The van der Waals surface area contributed by atoms with Crippen molar-refractivity contribution in [2.75, 3.05) is 0 Å². The fourth-order valence-corrected chi connectivity index (χ4v) is 3.38. The summed E-state index contributed by atoms with van der Waals surface area (Å²) >= 11 is 0. The summed E-state index contributed by atoms with van der Waals surface area (Å²) in [4.78, 5) is 0. The highest BCUT2D eigenvalue weighted by Crippen LogP contribution is 2.42. The predicted octanol–water partition coefficient (Wildman–Crippen LogP) is 1.77. The van der Waals surface area contributed by atoms with E-state index in [0.717, 1.165) is 22.3 Å². The monoisotopic (exact) mass is 271 g/mol. The van der Waals surface area contributed by atoms with Gasteiger partial charge in [-0.05, 0) is 66.8 Å². The van der Waals surface area contributed by atoms with Gasteiger partial charge in [0.05, 0.1) is 0 Å². The van der Waals surface area contributed by atoms with Crippen molar-refractivity contribution in [3.63, 3.8) is 0 Å². The summed E-state index contributed by atoms with van der Waals surface area (Å²) in [6.07, 6.45) is 0.522. The Bertz CT molecular complexity index is 661. The van der Waals surface area contributed by atoms with Crippen LogP contribution < -0.4 is 5.73 Å². The van der Waals surface area contributed by atoms with Crippen molar-refractivity contribution in [2.24, 2.45) is 5.73 Å². The third kappa shape index (κ3) is 1.69. The number of nitrogens with two attached hydrogens (primary N) is 1. The van der Waals surface area contributed by atoms with E-state index in [-0.39, 0.29) is 11.5 Å². The molecule has 0 aromatic heterocycles. The van der Waals surface area contributed by atoms with E-state index < -0.39 is 5.72 Å². The Kier molecular flexibility index (Phi) is 2.58. The van der Waals surface area contributed by atoms with Gasteiger partial charge in [-0.3, -0.25) is 5.73 Å². The van der Waals surface area contributed by atoms with E-state index in [0.29, 0.717) is 17.5 Å². The van der Waals surface area contributed by atoms with E-state index in [1.54, 1.807) is 24.3 Å². The average Bonchev–Trinajstić information content (AvgIpc) is 2.24. The van der Waals surface area contributed by atoms with Crippen molar-refractivity contribution in [2.45, 2.75) is 26.0 Å². The molecule has 0 radical (unpaired) electrons. The summed E-state index contributed by atoms with van der Waals surface area (Å²) in [6.45, 7) is 3.63. The Morgan fingerprint density at radius 1 is 0.900 bits per heavy atom. The first kappa shape index (κ1) is 13.0. The summed E-state index contributed by atoms with van der Waals surface area (Å²) in [5, 5.41) is 30.3. The number of fused-ring (bicyclic) bond motifs is 2. The van der Waals surface area contributed by atoms with Crippen molar-refractivity contribution in [3.8, 4) is 11.5 Å².